The van der Waals surface area contributed by atoms with Crippen LogP contribution in [0.2, 0.25) is 0 Å². The summed E-state index contributed by atoms with van der Waals surface area (Å²) in [5.74, 6) is 0.934. The van der Waals surface area contributed by atoms with Crippen molar-refractivity contribution in [3.05, 3.63) is 29.1 Å². The van der Waals surface area contributed by atoms with Crippen molar-refractivity contribution in [1.29, 1.82) is 0 Å². The zero-order valence-corrected chi connectivity index (χ0v) is 12.8. The highest BCUT2D eigenvalue weighted by molar-refractivity contribution is 5.27. The van der Waals surface area contributed by atoms with Crippen LogP contribution in [0, 0.1) is 0 Å². The van der Waals surface area contributed by atoms with Crippen LogP contribution >= 0.6 is 0 Å². The van der Waals surface area contributed by atoms with Crippen LogP contribution in [0.15, 0.2) is 6.33 Å². The van der Waals surface area contributed by atoms with Crippen molar-refractivity contribution in [2.45, 2.75) is 59.7 Å². The molecule has 0 aliphatic carbocycles. The molecule has 0 fully saturated rings. The molecule has 0 spiro atoms. The van der Waals surface area contributed by atoms with E-state index in [1.165, 1.54) is 11.3 Å². The largest absolute Gasteiger partial charge is 0.326 e. The summed E-state index contributed by atoms with van der Waals surface area (Å²) in [6, 6.07) is 0.299. The predicted molar refractivity (Wildman–Crippen MR) is 78.4 cm³/mol. The van der Waals surface area contributed by atoms with Gasteiger partial charge in [0.05, 0.1) is 5.69 Å². The molecule has 2 aromatic rings. The van der Waals surface area contributed by atoms with Gasteiger partial charge < -0.3 is 5.73 Å². The quantitative estimate of drug-likeness (QED) is 0.871. The van der Waals surface area contributed by atoms with E-state index in [0.29, 0.717) is 19.1 Å². The van der Waals surface area contributed by atoms with E-state index in [4.69, 9.17) is 10.8 Å². The summed E-state index contributed by atoms with van der Waals surface area (Å²) in [6.45, 7) is 9.65. The Hall–Kier alpha value is -1.69. The third kappa shape index (κ3) is 2.60. The molecule has 0 bridgehead atoms. The van der Waals surface area contributed by atoms with Gasteiger partial charge in [-0.3, -0.25) is 4.68 Å². The van der Waals surface area contributed by atoms with Crippen molar-refractivity contribution in [2.24, 2.45) is 5.73 Å². The fraction of sp³-hybridized carbons (Fsp3) is 0.643. The molecule has 110 valence electrons. The summed E-state index contributed by atoms with van der Waals surface area (Å²) in [4.78, 5) is 4.36. The van der Waals surface area contributed by atoms with E-state index < -0.39 is 0 Å². The molecule has 2 rings (SSSR count). The van der Waals surface area contributed by atoms with Gasteiger partial charge in [0.15, 0.2) is 0 Å². The minimum absolute atomic E-state index is 0.299. The van der Waals surface area contributed by atoms with Crippen molar-refractivity contribution in [1.82, 2.24) is 24.5 Å². The van der Waals surface area contributed by atoms with Crippen molar-refractivity contribution >= 4 is 0 Å². The predicted octanol–water partition coefficient (Wildman–Crippen LogP) is 1.69. The molecule has 0 atom stereocenters. The lowest BCUT2D eigenvalue weighted by Gasteiger charge is -2.11. The van der Waals surface area contributed by atoms with E-state index in [0.717, 1.165) is 24.4 Å². The Morgan fingerprint density at radius 3 is 2.55 bits per heavy atom. The Kier molecular flexibility index (Phi) is 4.54. The highest BCUT2D eigenvalue weighted by Gasteiger charge is 2.16. The Morgan fingerprint density at radius 2 is 2.00 bits per heavy atom. The molecular weight excluding hydrogens is 252 g/mol. The van der Waals surface area contributed by atoms with Gasteiger partial charge in [-0.05, 0) is 26.7 Å². The number of hydrogen-bond donors (Lipinski definition) is 1. The van der Waals surface area contributed by atoms with Crippen LogP contribution in [0.1, 0.15) is 56.5 Å². The molecule has 6 heteroatoms. The average molecular weight is 276 g/mol. The summed E-state index contributed by atoms with van der Waals surface area (Å²) in [7, 11) is 0. The maximum atomic E-state index is 5.88. The molecule has 0 amide bonds. The molecule has 20 heavy (non-hydrogen) atoms. The summed E-state index contributed by atoms with van der Waals surface area (Å²) in [5, 5.41) is 8.98. The van der Waals surface area contributed by atoms with Gasteiger partial charge in [0, 0.05) is 23.8 Å². The van der Waals surface area contributed by atoms with Gasteiger partial charge in [0.25, 0.3) is 0 Å². The van der Waals surface area contributed by atoms with Gasteiger partial charge in [0.1, 0.15) is 18.7 Å². The fourth-order valence-electron chi connectivity index (χ4n) is 2.59. The van der Waals surface area contributed by atoms with Gasteiger partial charge in [-0.1, -0.05) is 13.8 Å². The second-order valence-corrected chi connectivity index (χ2v) is 5.16. The Labute approximate surface area is 120 Å². The van der Waals surface area contributed by atoms with Crippen LogP contribution in [0.3, 0.4) is 0 Å². The van der Waals surface area contributed by atoms with Crippen LogP contribution in [0.25, 0.3) is 0 Å². The first-order chi connectivity index (χ1) is 9.62. The van der Waals surface area contributed by atoms with Crippen LogP contribution in [0.4, 0.5) is 0 Å². The van der Waals surface area contributed by atoms with Gasteiger partial charge in [-0.15, -0.1) is 0 Å². The topological polar surface area (TPSA) is 74.5 Å². The lowest BCUT2D eigenvalue weighted by atomic mass is 10.1. The number of rotatable bonds is 6. The van der Waals surface area contributed by atoms with E-state index in [1.807, 2.05) is 9.36 Å². The highest BCUT2D eigenvalue weighted by Crippen LogP contribution is 2.17. The molecule has 0 saturated carbocycles. The number of nitrogens with zero attached hydrogens (tertiary/aromatic N) is 5. The smallest absolute Gasteiger partial charge is 0.148 e. The highest BCUT2D eigenvalue weighted by atomic mass is 15.4. The number of aryl methyl sites for hydroxylation is 1. The van der Waals surface area contributed by atoms with E-state index in [-0.39, 0.29) is 0 Å². The standard InChI is InChI=1S/C14H24N6/c1-5-12-11(7-15)13(6-2)19(18-12)8-14-16-9-17-20(14)10(3)4/h9-10H,5-8,15H2,1-4H3. The van der Waals surface area contributed by atoms with Crippen LogP contribution in [-0.2, 0) is 25.9 Å². The third-order valence-corrected chi connectivity index (χ3v) is 3.55. The zero-order valence-electron chi connectivity index (χ0n) is 12.8. The molecule has 0 aliphatic heterocycles. The maximum Gasteiger partial charge on any atom is 0.148 e. The Bertz CT molecular complexity index is 566. The van der Waals surface area contributed by atoms with Crippen molar-refractivity contribution in [3.63, 3.8) is 0 Å². The minimum Gasteiger partial charge on any atom is -0.326 e. The average Bonchev–Trinajstić information content (AvgIpc) is 3.02. The molecule has 0 saturated heterocycles. The van der Waals surface area contributed by atoms with E-state index in [2.05, 4.69) is 37.8 Å². The van der Waals surface area contributed by atoms with Gasteiger partial charge >= 0.3 is 0 Å². The van der Waals surface area contributed by atoms with E-state index >= 15 is 0 Å². The first-order valence-electron chi connectivity index (χ1n) is 7.28. The molecule has 2 N–H and O–H groups in total. The number of aromatic nitrogens is 5. The molecule has 2 aromatic heterocycles. The van der Waals surface area contributed by atoms with Gasteiger partial charge in [-0.2, -0.15) is 10.2 Å². The zero-order chi connectivity index (χ0) is 14.7. The lowest BCUT2D eigenvalue weighted by Crippen LogP contribution is -2.14. The van der Waals surface area contributed by atoms with E-state index in [1.54, 1.807) is 6.33 Å². The fourth-order valence-corrected chi connectivity index (χ4v) is 2.59. The van der Waals surface area contributed by atoms with Gasteiger partial charge in [-0.25, -0.2) is 9.67 Å². The van der Waals surface area contributed by atoms with Crippen molar-refractivity contribution in [2.75, 3.05) is 0 Å². The monoisotopic (exact) mass is 276 g/mol. The summed E-state index contributed by atoms with van der Waals surface area (Å²) in [6.07, 6.45) is 3.44. The van der Waals surface area contributed by atoms with Gasteiger partial charge in [0.2, 0.25) is 0 Å². The molecule has 2 heterocycles. The lowest BCUT2D eigenvalue weighted by molar-refractivity contribution is 0.483. The first kappa shape index (κ1) is 14.7. The maximum absolute atomic E-state index is 5.88. The van der Waals surface area contributed by atoms with Crippen LogP contribution < -0.4 is 5.73 Å². The summed E-state index contributed by atoms with van der Waals surface area (Å²) >= 11 is 0. The minimum atomic E-state index is 0.299. The second kappa shape index (κ2) is 6.17. The normalized spacial score (nSPS) is 11.5. The van der Waals surface area contributed by atoms with E-state index in [9.17, 15) is 0 Å². The number of hydrogen-bond acceptors (Lipinski definition) is 4. The molecule has 6 nitrogen and oxygen atoms in total. The second-order valence-electron chi connectivity index (χ2n) is 5.16. The molecular formula is C14H24N6. The summed E-state index contributed by atoms with van der Waals surface area (Å²) < 4.78 is 3.97. The van der Waals surface area contributed by atoms with Crippen LogP contribution in [0.5, 0.6) is 0 Å². The third-order valence-electron chi connectivity index (χ3n) is 3.55. The Morgan fingerprint density at radius 1 is 1.25 bits per heavy atom. The Balaban J connectivity index is 2.38. The number of nitrogens with two attached hydrogens (primary N) is 1. The molecule has 0 radical (unpaired) electrons. The molecule has 0 aromatic carbocycles. The first-order valence-corrected chi connectivity index (χ1v) is 7.28. The van der Waals surface area contributed by atoms with Crippen molar-refractivity contribution < 1.29 is 0 Å². The molecule has 0 aliphatic rings. The SMILES string of the molecule is CCc1nn(Cc2ncnn2C(C)C)c(CC)c1CN. The van der Waals surface area contributed by atoms with Crippen molar-refractivity contribution in [3.8, 4) is 0 Å². The van der Waals surface area contributed by atoms with Crippen LogP contribution in [-0.4, -0.2) is 24.5 Å². The molecule has 0 unspecified atom stereocenters. The summed E-state index contributed by atoms with van der Waals surface area (Å²) in [5.41, 5.74) is 9.37.